The summed E-state index contributed by atoms with van der Waals surface area (Å²) in [7, 11) is -2.81. The third kappa shape index (κ3) is 5.47. The summed E-state index contributed by atoms with van der Waals surface area (Å²) in [5, 5.41) is 6.48. The van der Waals surface area contributed by atoms with E-state index in [0.717, 1.165) is 35.4 Å². The van der Waals surface area contributed by atoms with E-state index in [1.807, 2.05) is 0 Å². The molecule has 1 aliphatic rings. The van der Waals surface area contributed by atoms with Crippen LogP contribution < -0.4 is 21.2 Å². The van der Waals surface area contributed by atoms with Crippen LogP contribution in [0.3, 0.4) is 0 Å². The van der Waals surface area contributed by atoms with Crippen LogP contribution in [0.5, 0.6) is 5.75 Å². The van der Waals surface area contributed by atoms with Gasteiger partial charge in [-0.25, -0.2) is 28.2 Å². The van der Waals surface area contributed by atoms with Gasteiger partial charge in [0.2, 0.25) is 0 Å². The van der Waals surface area contributed by atoms with Gasteiger partial charge < -0.3 is 14.6 Å². The van der Waals surface area contributed by atoms with Gasteiger partial charge in [-0.05, 0) is 31.2 Å². The first-order valence-electron chi connectivity index (χ1n) is 13.8. The van der Waals surface area contributed by atoms with Crippen molar-refractivity contribution in [3.8, 4) is 17.1 Å². The zero-order valence-electron chi connectivity index (χ0n) is 23.9. The Hall–Kier alpha value is -4.43. The number of aromatic amines is 1. The van der Waals surface area contributed by atoms with Crippen molar-refractivity contribution >= 4 is 16.5 Å². The van der Waals surface area contributed by atoms with Crippen LogP contribution in [0.4, 0.5) is 32.0 Å². The van der Waals surface area contributed by atoms with Gasteiger partial charge in [-0.3, -0.25) is 9.59 Å². The maximum Gasteiger partial charge on any atom is 0.423 e. The van der Waals surface area contributed by atoms with E-state index in [1.54, 1.807) is 5.10 Å². The van der Waals surface area contributed by atoms with Gasteiger partial charge in [0.05, 0.1) is 46.4 Å². The molecule has 3 heterocycles. The third-order valence-corrected chi connectivity index (χ3v) is 6.93. The molecule has 4 aromatic rings. The van der Waals surface area contributed by atoms with Crippen LogP contribution in [0, 0.1) is 23.4 Å². The average Bonchev–Trinajstić information content (AvgIpc) is 2.92. The van der Waals surface area contributed by atoms with Gasteiger partial charge in [0.1, 0.15) is 11.4 Å². The van der Waals surface area contributed by atoms with Crippen LogP contribution >= 0.6 is 0 Å². The highest BCUT2D eigenvalue weighted by Gasteiger charge is 2.38. The summed E-state index contributed by atoms with van der Waals surface area (Å²) in [4.78, 5) is 32.5. The Morgan fingerprint density at radius 1 is 1.15 bits per heavy atom. The van der Waals surface area contributed by atoms with Crippen molar-refractivity contribution in [2.24, 2.45) is 5.92 Å². The molecule has 41 heavy (non-hydrogen) atoms. The molecule has 1 fully saturated rings. The second-order valence-corrected chi connectivity index (χ2v) is 9.61. The Morgan fingerprint density at radius 2 is 1.90 bits per heavy atom. The number of pyridine rings is 1. The standard InChI is InChI=1S/C26H22F6N6O3/c1-41-14-7-33-23(34-8-14)16-6-15-17(27)11-38(25(40)19(15)22(29)21(16)28)10-12-3-2-4-13(5-12)36-18-9-35-37-24(39)20(18)26(30,31)32/h6-9,11-13H,2-5,10H2,1H3,(H2,36,37,39)/t12-,13+/m1/s1/i1D3. The van der Waals surface area contributed by atoms with Gasteiger partial charge in [0.15, 0.2) is 23.2 Å². The maximum absolute atomic E-state index is 15.3. The first kappa shape index (κ1) is 24.4. The lowest BCUT2D eigenvalue weighted by molar-refractivity contribution is -0.138. The molecule has 1 saturated carbocycles. The van der Waals surface area contributed by atoms with E-state index in [0.29, 0.717) is 19.3 Å². The van der Waals surface area contributed by atoms with Crippen molar-refractivity contribution in [2.75, 3.05) is 12.4 Å². The number of fused-ring (bicyclic) bond motifs is 1. The van der Waals surface area contributed by atoms with Gasteiger partial charge in [0, 0.05) is 24.2 Å². The fraction of sp³-hybridized carbons (Fsp3) is 0.346. The molecular formula is C26H22F6N6O3. The number of aromatic nitrogens is 5. The van der Waals surface area contributed by atoms with Crippen LogP contribution in [-0.2, 0) is 12.7 Å². The highest BCUT2D eigenvalue weighted by molar-refractivity contribution is 5.87. The van der Waals surface area contributed by atoms with Gasteiger partial charge in [-0.2, -0.15) is 18.3 Å². The monoisotopic (exact) mass is 583 g/mol. The molecule has 0 unspecified atom stereocenters. The van der Waals surface area contributed by atoms with Crippen molar-refractivity contribution in [1.29, 1.82) is 0 Å². The second kappa shape index (κ2) is 10.9. The third-order valence-electron chi connectivity index (χ3n) is 6.93. The van der Waals surface area contributed by atoms with Crippen LogP contribution in [0.2, 0.25) is 0 Å². The van der Waals surface area contributed by atoms with E-state index < -0.39 is 81.2 Å². The summed E-state index contributed by atoms with van der Waals surface area (Å²) >= 11 is 0. The minimum Gasteiger partial charge on any atom is -0.494 e. The summed E-state index contributed by atoms with van der Waals surface area (Å²) in [5.41, 5.74) is -4.95. The number of halogens is 6. The fourth-order valence-electron chi connectivity index (χ4n) is 5.11. The van der Waals surface area contributed by atoms with E-state index in [2.05, 4.69) is 25.1 Å². The predicted octanol–water partition coefficient (Wildman–Crippen LogP) is 4.66. The number of rotatable bonds is 6. The van der Waals surface area contributed by atoms with Gasteiger partial charge in [-0.1, -0.05) is 6.42 Å². The zero-order chi connectivity index (χ0) is 32.0. The van der Waals surface area contributed by atoms with Crippen molar-refractivity contribution in [1.82, 2.24) is 24.7 Å². The molecule has 1 aliphatic carbocycles. The number of hydrogen-bond donors (Lipinski definition) is 2. The lowest BCUT2D eigenvalue weighted by Crippen LogP contribution is -2.34. The number of ether oxygens (including phenoxy) is 1. The minimum absolute atomic E-state index is 0.138. The van der Waals surface area contributed by atoms with Crippen LogP contribution in [0.25, 0.3) is 22.2 Å². The fourth-order valence-corrected chi connectivity index (χ4v) is 5.11. The van der Waals surface area contributed by atoms with Gasteiger partial charge in [0.25, 0.3) is 11.1 Å². The molecule has 1 aromatic carbocycles. The highest BCUT2D eigenvalue weighted by atomic mass is 19.4. The van der Waals surface area contributed by atoms with Crippen molar-refractivity contribution in [2.45, 2.75) is 44.4 Å². The summed E-state index contributed by atoms with van der Waals surface area (Å²) < 4.78 is 113. The molecule has 216 valence electrons. The van der Waals surface area contributed by atoms with E-state index in [-0.39, 0.29) is 24.6 Å². The maximum atomic E-state index is 15.3. The number of nitrogens with one attached hydrogen (secondary N) is 2. The molecule has 0 bridgehead atoms. The molecule has 2 atom stereocenters. The molecule has 0 aliphatic heterocycles. The number of benzene rings is 1. The van der Waals surface area contributed by atoms with Crippen LogP contribution in [0.15, 0.2) is 40.4 Å². The highest BCUT2D eigenvalue weighted by Crippen LogP contribution is 2.34. The molecular weight excluding hydrogens is 558 g/mol. The van der Waals surface area contributed by atoms with E-state index in [1.165, 1.54) is 0 Å². The first-order chi connectivity index (χ1) is 20.6. The normalized spacial score (nSPS) is 18.9. The average molecular weight is 584 g/mol. The molecule has 2 N–H and O–H groups in total. The Labute approximate surface area is 231 Å². The SMILES string of the molecule is [2H]C([2H])([2H])Oc1cnc(-c2cc3c(F)cn(C[C@@H]4CCC[C@H](Nc5cn[nH]c(=O)c5C(F)(F)F)C4)c(=O)c3c(F)c2F)nc1. The summed E-state index contributed by atoms with van der Waals surface area (Å²) in [6.45, 7) is -0.138. The number of nitrogens with zero attached hydrogens (tertiary/aromatic N) is 4. The lowest BCUT2D eigenvalue weighted by Gasteiger charge is -2.31. The summed E-state index contributed by atoms with van der Waals surface area (Å²) in [5.74, 6) is -5.31. The van der Waals surface area contributed by atoms with Crippen molar-refractivity contribution < 1.29 is 35.2 Å². The summed E-state index contributed by atoms with van der Waals surface area (Å²) in [6.07, 6.45) is 0.269. The zero-order valence-corrected chi connectivity index (χ0v) is 20.9. The van der Waals surface area contributed by atoms with Crippen LogP contribution in [-0.4, -0.2) is 37.8 Å². The Kier molecular flexibility index (Phi) is 6.45. The number of methoxy groups -OCH3 is 1. The molecule has 0 saturated heterocycles. The summed E-state index contributed by atoms with van der Waals surface area (Å²) in [6, 6.07) is 0.316. The molecule has 9 nitrogen and oxygen atoms in total. The van der Waals surface area contributed by atoms with Crippen molar-refractivity contribution in [3.05, 3.63) is 74.6 Å². The van der Waals surface area contributed by atoms with Crippen molar-refractivity contribution in [3.63, 3.8) is 0 Å². The Balaban J connectivity index is 1.40. The minimum atomic E-state index is -4.94. The number of hydrogen-bond acceptors (Lipinski definition) is 7. The lowest BCUT2D eigenvalue weighted by atomic mass is 9.85. The molecule has 0 radical (unpaired) electrons. The number of H-pyrrole nitrogens is 1. The van der Waals surface area contributed by atoms with Crippen LogP contribution in [0.1, 0.15) is 35.4 Å². The Bertz CT molecular complexity index is 1830. The molecule has 0 spiro atoms. The largest absolute Gasteiger partial charge is 0.494 e. The quantitative estimate of drug-likeness (QED) is 0.318. The second-order valence-electron chi connectivity index (χ2n) is 9.61. The Morgan fingerprint density at radius 3 is 2.61 bits per heavy atom. The van der Waals surface area contributed by atoms with E-state index >= 15 is 13.2 Å². The predicted molar refractivity (Wildman–Crippen MR) is 135 cm³/mol. The smallest absolute Gasteiger partial charge is 0.423 e. The molecule has 15 heteroatoms. The first-order valence-corrected chi connectivity index (χ1v) is 12.3. The molecule has 0 amide bonds. The van der Waals surface area contributed by atoms with Gasteiger partial charge >= 0.3 is 6.18 Å². The molecule has 3 aromatic heterocycles. The van der Waals surface area contributed by atoms with E-state index in [9.17, 15) is 22.8 Å². The topological polar surface area (TPSA) is 115 Å². The molecule has 5 rings (SSSR count). The number of anilines is 1. The number of alkyl halides is 3. The van der Waals surface area contributed by atoms with Gasteiger partial charge in [-0.15, -0.1) is 0 Å². The van der Waals surface area contributed by atoms with E-state index in [4.69, 9.17) is 4.11 Å².